The minimum Gasteiger partial charge on any atom is -0.480 e. The molecule has 0 unspecified atom stereocenters. The number of aryl methyl sites for hydroxylation is 1. The highest BCUT2D eigenvalue weighted by molar-refractivity contribution is 6.30. The number of hydrogen-bond donors (Lipinski definition) is 0. The van der Waals surface area contributed by atoms with Crippen LogP contribution in [0.15, 0.2) is 22.7 Å². The highest BCUT2D eigenvalue weighted by Crippen LogP contribution is 2.35. The zero-order valence-corrected chi connectivity index (χ0v) is 14.1. The number of benzene rings is 1. The van der Waals surface area contributed by atoms with Crippen molar-refractivity contribution in [1.82, 2.24) is 15.0 Å². The van der Waals surface area contributed by atoms with Crippen LogP contribution >= 0.6 is 11.6 Å². The van der Waals surface area contributed by atoms with Gasteiger partial charge in [0.2, 0.25) is 5.89 Å². The number of rotatable bonds is 3. The molecular weight excluding hydrogens is 330 g/mol. The minimum absolute atomic E-state index is 0.0207. The first kappa shape index (κ1) is 15.4. The molecule has 3 heterocycles. The maximum Gasteiger partial charge on any atom is 0.264 e. The van der Waals surface area contributed by atoms with Crippen molar-refractivity contribution in [2.24, 2.45) is 0 Å². The molecule has 4 rings (SSSR count). The molecule has 0 radical (unpaired) electrons. The van der Waals surface area contributed by atoms with Crippen LogP contribution in [0.25, 0.3) is 0 Å². The van der Waals surface area contributed by atoms with Gasteiger partial charge in [0.05, 0.1) is 6.04 Å². The third kappa shape index (κ3) is 2.65. The molecule has 0 saturated carbocycles. The molecule has 1 saturated heterocycles. The van der Waals surface area contributed by atoms with Crippen molar-refractivity contribution < 1.29 is 14.1 Å². The first-order chi connectivity index (χ1) is 11.7. The summed E-state index contributed by atoms with van der Waals surface area (Å²) in [7, 11) is 0. The molecule has 24 heavy (non-hydrogen) atoms. The Bertz CT molecular complexity index is 776. The van der Waals surface area contributed by atoms with Gasteiger partial charge in [-0.15, -0.1) is 0 Å². The summed E-state index contributed by atoms with van der Waals surface area (Å²) in [5.41, 5.74) is 0.976. The molecule has 0 spiro atoms. The summed E-state index contributed by atoms with van der Waals surface area (Å²) in [5.74, 6) is 1.91. The number of halogens is 1. The van der Waals surface area contributed by atoms with E-state index in [4.69, 9.17) is 20.9 Å². The fourth-order valence-electron chi connectivity index (χ4n) is 3.39. The van der Waals surface area contributed by atoms with Crippen LogP contribution in [-0.4, -0.2) is 33.6 Å². The number of fused-ring (bicyclic) bond motifs is 1. The van der Waals surface area contributed by atoms with Crippen molar-refractivity contribution in [3.8, 4) is 5.75 Å². The summed E-state index contributed by atoms with van der Waals surface area (Å²) in [4.78, 5) is 19.2. The van der Waals surface area contributed by atoms with Crippen molar-refractivity contribution in [3.63, 3.8) is 0 Å². The summed E-state index contributed by atoms with van der Waals surface area (Å²) in [6.07, 6.45) is 2.51. The van der Waals surface area contributed by atoms with Gasteiger partial charge in [0.15, 0.2) is 11.9 Å². The smallest absolute Gasteiger partial charge is 0.264 e. The Morgan fingerprint density at radius 2 is 2.33 bits per heavy atom. The lowest BCUT2D eigenvalue weighted by Gasteiger charge is -2.25. The molecule has 2 aliphatic heterocycles. The Morgan fingerprint density at radius 3 is 3.12 bits per heavy atom. The van der Waals surface area contributed by atoms with Crippen molar-refractivity contribution in [3.05, 3.63) is 40.5 Å². The number of nitrogens with zero attached hydrogens (tertiary/aromatic N) is 3. The van der Waals surface area contributed by atoms with E-state index < -0.39 is 6.10 Å². The summed E-state index contributed by atoms with van der Waals surface area (Å²) >= 11 is 6.02. The first-order valence-corrected chi connectivity index (χ1v) is 8.61. The lowest BCUT2D eigenvalue weighted by atomic mass is 10.1. The van der Waals surface area contributed by atoms with Gasteiger partial charge in [0.1, 0.15) is 5.75 Å². The number of aromatic nitrogens is 2. The van der Waals surface area contributed by atoms with Crippen LogP contribution in [0.1, 0.15) is 43.1 Å². The van der Waals surface area contributed by atoms with Gasteiger partial charge < -0.3 is 14.2 Å². The van der Waals surface area contributed by atoms with E-state index >= 15 is 0 Å². The van der Waals surface area contributed by atoms with Gasteiger partial charge in [0.25, 0.3) is 5.91 Å². The second-order valence-corrected chi connectivity index (χ2v) is 6.59. The largest absolute Gasteiger partial charge is 0.480 e. The molecule has 1 aromatic carbocycles. The Kier molecular flexibility index (Phi) is 3.92. The Hall–Kier alpha value is -2.08. The maximum absolute atomic E-state index is 12.9. The standard InChI is InChI=1S/C17H18ClN3O3/c1-2-15-19-16(20-24-15)12-4-3-7-21(12)17(22)14-9-10-8-11(18)5-6-13(10)23-14/h5-6,8,12,14H,2-4,7,9H2,1H3/t12-,14+/m0/s1. The molecule has 7 heteroatoms. The van der Waals surface area contributed by atoms with E-state index in [2.05, 4.69) is 10.1 Å². The summed E-state index contributed by atoms with van der Waals surface area (Å²) < 4.78 is 11.0. The zero-order chi connectivity index (χ0) is 16.7. The Labute approximate surface area is 144 Å². The van der Waals surface area contributed by atoms with Crippen LogP contribution in [0.2, 0.25) is 5.02 Å². The lowest BCUT2D eigenvalue weighted by Crippen LogP contribution is -2.41. The zero-order valence-electron chi connectivity index (χ0n) is 13.4. The van der Waals surface area contributed by atoms with E-state index in [0.717, 1.165) is 24.2 Å². The van der Waals surface area contributed by atoms with Crippen molar-refractivity contribution in [2.45, 2.75) is 44.8 Å². The van der Waals surface area contributed by atoms with E-state index in [1.54, 1.807) is 6.07 Å². The van der Waals surface area contributed by atoms with Crippen molar-refractivity contribution >= 4 is 17.5 Å². The van der Waals surface area contributed by atoms with E-state index in [1.165, 1.54) is 0 Å². The molecule has 0 N–H and O–H groups in total. The average molecular weight is 348 g/mol. The summed E-state index contributed by atoms with van der Waals surface area (Å²) in [6.45, 7) is 2.65. The second kappa shape index (κ2) is 6.09. The van der Waals surface area contributed by atoms with E-state index in [9.17, 15) is 4.79 Å². The topological polar surface area (TPSA) is 68.5 Å². The van der Waals surface area contributed by atoms with Crippen LogP contribution in [-0.2, 0) is 17.6 Å². The van der Waals surface area contributed by atoms with Crippen LogP contribution < -0.4 is 4.74 Å². The predicted octanol–water partition coefficient (Wildman–Crippen LogP) is 2.95. The van der Waals surface area contributed by atoms with Gasteiger partial charge in [-0.05, 0) is 36.6 Å². The number of ether oxygens (including phenoxy) is 1. The third-order valence-electron chi connectivity index (χ3n) is 4.59. The number of hydrogen-bond acceptors (Lipinski definition) is 5. The fraction of sp³-hybridized carbons (Fsp3) is 0.471. The van der Waals surface area contributed by atoms with Gasteiger partial charge in [-0.25, -0.2) is 0 Å². The molecule has 1 fully saturated rings. The molecule has 1 aromatic heterocycles. The van der Waals surface area contributed by atoms with Crippen LogP contribution in [0.5, 0.6) is 5.75 Å². The molecule has 0 bridgehead atoms. The highest BCUT2D eigenvalue weighted by atomic mass is 35.5. The minimum atomic E-state index is -0.503. The number of amides is 1. The normalized spacial score (nSPS) is 22.5. The number of likely N-dealkylation sites (tertiary alicyclic amines) is 1. The molecule has 0 aliphatic carbocycles. The van der Waals surface area contributed by atoms with E-state index in [0.29, 0.717) is 36.1 Å². The molecule has 6 nitrogen and oxygen atoms in total. The Morgan fingerprint density at radius 1 is 1.46 bits per heavy atom. The molecule has 2 atom stereocenters. The number of carbonyl (C=O) groups is 1. The van der Waals surface area contributed by atoms with Gasteiger partial charge in [-0.2, -0.15) is 4.98 Å². The third-order valence-corrected chi connectivity index (χ3v) is 4.83. The SMILES string of the molecule is CCc1nc([C@@H]2CCCN2C(=O)[C@H]2Cc3cc(Cl)ccc3O2)no1. The van der Waals surface area contributed by atoms with Gasteiger partial charge >= 0.3 is 0 Å². The van der Waals surface area contributed by atoms with Crippen molar-refractivity contribution in [1.29, 1.82) is 0 Å². The van der Waals surface area contributed by atoms with Crippen LogP contribution in [0.3, 0.4) is 0 Å². The molecular formula is C17H18ClN3O3. The van der Waals surface area contributed by atoms with Gasteiger partial charge in [-0.3, -0.25) is 4.79 Å². The second-order valence-electron chi connectivity index (χ2n) is 6.15. The molecule has 2 aromatic rings. The number of carbonyl (C=O) groups excluding carboxylic acids is 1. The molecule has 126 valence electrons. The Balaban J connectivity index is 1.52. The predicted molar refractivity (Wildman–Crippen MR) is 86.9 cm³/mol. The molecule has 1 amide bonds. The van der Waals surface area contributed by atoms with Crippen LogP contribution in [0, 0.1) is 0 Å². The highest BCUT2D eigenvalue weighted by Gasteiger charge is 2.39. The maximum atomic E-state index is 12.9. The monoisotopic (exact) mass is 347 g/mol. The van der Waals surface area contributed by atoms with Gasteiger partial charge in [0, 0.05) is 24.4 Å². The van der Waals surface area contributed by atoms with Gasteiger partial charge in [-0.1, -0.05) is 23.7 Å². The quantitative estimate of drug-likeness (QED) is 0.853. The average Bonchev–Trinajstić information content (AvgIpc) is 3.31. The summed E-state index contributed by atoms with van der Waals surface area (Å²) in [5, 5.41) is 4.70. The lowest BCUT2D eigenvalue weighted by molar-refractivity contribution is -0.139. The van der Waals surface area contributed by atoms with Crippen molar-refractivity contribution in [2.75, 3.05) is 6.54 Å². The fourth-order valence-corrected chi connectivity index (χ4v) is 3.58. The first-order valence-electron chi connectivity index (χ1n) is 8.23. The molecule has 2 aliphatic rings. The van der Waals surface area contributed by atoms with E-state index in [-0.39, 0.29) is 11.9 Å². The van der Waals surface area contributed by atoms with E-state index in [1.807, 2.05) is 24.0 Å². The van der Waals surface area contributed by atoms with Crippen LogP contribution in [0.4, 0.5) is 0 Å². The summed E-state index contributed by atoms with van der Waals surface area (Å²) in [6, 6.07) is 5.33.